The summed E-state index contributed by atoms with van der Waals surface area (Å²) in [5.74, 6) is -0.363. The standard InChI is InChI=1S/C19H19F3N2O4/c1-26-13-27-17-6-5-16(28-19(20,21)22)11-15(17)8-10-24-18(25)7-4-14-3-2-9-23-12-14/h2-7,9,11-12H,8,10,13H2,1H3,(H,24,25)/b7-4+. The van der Waals surface area contributed by atoms with Crippen LogP contribution in [0.25, 0.3) is 6.08 Å². The minimum Gasteiger partial charge on any atom is -0.467 e. The smallest absolute Gasteiger partial charge is 0.467 e. The monoisotopic (exact) mass is 396 g/mol. The molecule has 2 rings (SSSR count). The van der Waals surface area contributed by atoms with E-state index in [1.54, 1.807) is 30.6 Å². The Morgan fingerprint density at radius 2 is 2.11 bits per heavy atom. The van der Waals surface area contributed by atoms with Crippen molar-refractivity contribution in [1.29, 1.82) is 0 Å². The molecule has 150 valence electrons. The minimum absolute atomic E-state index is 0.0628. The number of hydrogen-bond acceptors (Lipinski definition) is 5. The molecule has 0 saturated carbocycles. The summed E-state index contributed by atoms with van der Waals surface area (Å²) >= 11 is 0. The highest BCUT2D eigenvalue weighted by Crippen LogP contribution is 2.28. The summed E-state index contributed by atoms with van der Waals surface area (Å²) in [5, 5.41) is 2.66. The van der Waals surface area contributed by atoms with Gasteiger partial charge in [0.15, 0.2) is 6.79 Å². The number of pyridine rings is 1. The maximum Gasteiger partial charge on any atom is 0.573 e. The topological polar surface area (TPSA) is 69.7 Å². The van der Waals surface area contributed by atoms with Crippen LogP contribution in [-0.2, 0) is 16.0 Å². The number of carbonyl (C=O) groups is 1. The maximum absolute atomic E-state index is 12.4. The first kappa shape index (κ1) is 21.2. The van der Waals surface area contributed by atoms with Crippen LogP contribution in [0.2, 0.25) is 0 Å². The zero-order valence-electron chi connectivity index (χ0n) is 15.0. The van der Waals surface area contributed by atoms with Gasteiger partial charge in [0.25, 0.3) is 0 Å². The Balaban J connectivity index is 1.97. The van der Waals surface area contributed by atoms with Crippen molar-refractivity contribution in [2.75, 3.05) is 20.4 Å². The second kappa shape index (κ2) is 10.3. The molecule has 0 bridgehead atoms. The van der Waals surface area contributed by atoms with Crippen molar-refractivity contribution < 1.29 is 32.2 Å². The molecule has 2 aromatic rings. The molecule has 0 aliphatic heterocycles. The van der Waals surface area contributed by atoms with Crippen LogP contribution in [0.1, 0.15) is 11.1 Å². The lowest BCUT2D eigenvalue weighted by Gasteiger charge is -2.14. The number of halogens is 3. The number of nitrogens with zero attached hydrogens (tertiary/aromatic N) is 1. The molecule has 0 fully saturated rings. The van der Waals surface area contributed by atoms with Gasteiger partial charge in [-0.05, 0) is 47.9 Å². The molecule has 1 aromatic carbocycles. The first-order valence-electron chi connectivity index (χ1n) is 8.24. The summed E-state index contributed by atoms with van der Waals surface area (Å²) in [7, 11) is 1.43. The average molecular weight is 396 g/mol. The normalized spacial score (nSPS) is 11.4. The maximum atomic E-state index is 12.4. The Hall–Kier alpha value is -3.07. The van der Waals surface area contributed by atoms with E-state index in [-0.39, 0.29) is 31.4 Å². The predicted octanol–water partition coefficient (Wildman–Crippen LogP) is 3.34. The van der Waals surface area contributed by atoms with Crippen LogP contribution >= 0.6 is 0 Å². The molecule has 0 radical (unpaired) electrons. The third-order valence-electron chi connectivity index (χ3n) is 3.40. The molecular formula is C19H19F3N2O4. The number of nitrogens with one attached hydrogen (secondary N) is 1. The van der Waals surface area contributed by atoms with Gasteiger partial charge in [0.05, 0.1) is 0 Å². The number of amides is 1. The molecule has 1 aromatic heterocycles. The number of alkyl halides is 3. The van der Waals surface area contributed by atoms with Gasteiger partial charge >= 0.3 is 6.36 Å². The quantitative estimate of drug-likeness (QED) is 0.520. The van der Waals surface area contributed by atoms with Crippen LogP contribution in [0.15, 0.2) is 48.8 Å². The van der Waals surface area contributed by atoms with Gasteiger partial charge in [-0.3, -0.25) is 9.78 Å². The zero-order chi connectivity index (χ0) is 20.4. The van der Waals surface area contributed by atoms with Gasteiger partial charge in [0.2, 0.25) is 5.91 Å². The van der Waals surface area contributed by atoms with Gasteiger partial charge in [0.1, 0.15) is 11.5 Å². The number of carbonyl (C=O) groups excluding carboxylic acids is 1. The van der Waals surface area contributed by atoms with Crippen molar-refractivity contribution in [3.8, 4) is 11.5 Å². The molecule has 0 aliphatic carbocycles. The molecular weight excluding hydrogens is 377 g/mol. The predicted molar refractivity (Wildman–Crippen MR) is 95.6 cm³/mol. The summed E-state index contributed by atoms with van der Waals surface area (Å²) in [4.78, 5) is 15.8. The first-order chi connectivity index (χ1) is 13.4. The van der Waals surface area contributed by atoms with Gasteiger partial charge in [0, 0.05) is 32.1 Å². The summed E-state index contributed by atoms with van der Waals surface area (Å²) in [6, 6.07) is 7.27. The molecule has 1 amide bonds. The third-order valence-corrected chi connectivity index (χ3v) is 3.40. The minimum atomic E-state index is -4.79. The molecule has 0 aliphatic rings. The van der Waals surface area contributed by atoms with Crippen molar-refractivity contribution >= 4 is 12.0 Å². The first-order valence-corrected chi connectivity index (χ1v) is 8.24. The van der Waals surface area contributed by atoms with Gasteiger partial charge in [-0.15, -0.1) is 13.2 Å². The van der Waals surface area contributed by atoms with Gasteiger partial charge in [-0.2, -0.15) is 0 Å². The van der Waals surface area contributed by atoms with Crippen LogP contribution < -0.4 is 14.8 Å². The van der Waals surface area contributed by atoms with E-state index >= 15 is 0 Å². The number of benzene rings is 1. The van der Waals surface area contributed by atoms with Crippen LogP contribution in [-0.4, -0.2) is 37.7 Å². The number of rotatable bonds is 9. The number of hydrogen-bond donors (Lipinski definition) is 1. The van der Waals surface area contributed by atoms with Crippen molar-refractivity contribution in [1.82, 2.24) is 10.3 Å². The van der Waals surface area contributed by atoms with E-state index in [9.17, 15) is 18.0 Å². The van der Waals surface area contributed by atoms with E-state index in [1.807, 2.05) is 0 Å². The van der Waals surface area contributed by atoms with Crippen LogP contribution in [0, 0.1) is 0 Å². The second-order valence-corrected chi connectivity index (χ2v) is 5.53. The fraction of sp³-hybridized carbons (Fsp3) is 0.263. The molecule has 1 N–H and O–H groups in total. The molecule has 28 heavy (non-hydrogen) atoms. The lowest BCUT2D eigenvalue weighted by molar-refractivity contribution is -0.274. The molecule has 0 saturated heterocycles. The second-order valence-electron chi connectivity index (χ2n) is 5.53. The van der Waals surface area contributed by atoms with Gasteiger partial charge in [-0.1, -0.05) is 6.07 Å². The van der Waals surface area contributed by atoms with E-state index in [0.29, 0.717) is 11.3 Å². The molecule has 0 unspecified atom stereocenters. The number of ether oxygens (including phenoxy) is 3. The van der Waals surface area contributed by atoms with E-state index in [4.69, 9.17) is 9.47 Å². The highest BCUT2D eigenvalue weighted by Gasteiger charge is 2.31. The molecule has 6 nitrogen and oxygen atoms in total. The van der Waals surface area contributed by atoms with Gasteiger partial charge < -0.3 is 19.5 Å². The van der Waals surface area contributed by atoms with E-state index in [0.717, 1.165) is 11.6 Å². The van der Waals surface area contributed by atoms with Crippen molar-refractivity contribution in [3.63, 3.8) is 0 Å². The SMILES string of the molecule is COCOc1ccc(OC(F)(F)F)cc1CCNC(=O)/C=C/c1cccnc1. The van der Waals surface area contributed by atoms with Crippen LogP contribution in [0.4, 0.5) is 13.2 Å². The lowest BCUT2D eigenvalue weighted by atomic mass is 10.1. The fourth-order valence-electron chi connectivity index (χ4n) is 2.24. The zero-order valence-corrected chi connectivity index (χ0v) is 15.0. The Morgan fingerprint density at radius 1 is 1.29 bits per heavy atom. The number of aromatic nitrogens is 1. The number of methoxy groups -OCH3 is 1. The van der Waals surface area contributed by atoms with Crippen molar-refractivity contribution in [3.05, 3.63) is 59.9 Å². The van der Waals surface area contributed by atoms with Crippen LogP contribution in [0.5, 0.6) is 11.5 Å². The summed E-state index contributed by atoms with van der Waals surface area (Å²) < 4.78 is 51.3. The van der Waals surface area contributed by atoms with Crippen LogP contribution in [0.3, 0.4) is 0 Å². The highest BCUT2D eigenvalue weighted by atomic mass is 19.4. The Labute approximate surface area is 159 Å². The van der Waals surface area contributed by atoms with Crippen molar-refractivity contribution in [2.24, 2.45) is 0 Å². The summed E-state index contributed by atoms with van der Waals surface area (Å²) in [6.07, 6.45) is 1.63. The van der Waals surface area contributed by atoms with E-state index in [1.165, 1.54) is 25.3 Å². The largest absolute Gasteiger partial charge is 0.573 e. The average Bonchev–Trinajstić information content (AvgIpc) is 2.65. The van der Waals surface area contributed by atoms with Gasteiger partial charge in [-0.25, -0.2) is 0 Å². The third kappa shape index (κ3) is 7.67. The van der Waals surface area contributed by atoms with E-state index in [2.05, 4.69) is 15.0 Å². The summed E-state index contributed by atoms with van der Waals surface area (Å²) in [5.41, 5.74) is 1.21. The molecule has 0 atom stereocenters. The Kier molecular flexibility index (Phi) is 7.82. The highest BCUT2D eigenvalue weighted by molar-refractivity contribution is 5.91. The molecule has 0 spiro atoms. The van der Waals surface area contributed by atoms with Crippen molar-refractivity contribution in [2.45, 2.75) is 12.8 Å². The molecule has 1 heterocycles. The van der Waals surface area contributed by atoms with E-state index < -0.39 is 6.36 Å². The summed E-state index contributed by atoms with van der Waals surface area (Å²) in [6.45, 7) is 0.127. The fourth-order valence-corrected chi connectivity index (χ4v) is 2.24. The Morgan fingerprint density at radius 3 is 2.79 bits per heavy atom. The Bertz CT molecular complexity index is 796. The lowest BCUT2D eigenvalue weighted by Crippen LogP contribution is -2.24. The molecule has 9 heteroatoms.